The zero-order chi connectivity index (χ0) is 15.7. The summed E-state index contributed by atoms with van der Waals surface area (Å²) in [5.74, 6) is -0.805. The molecule has 0 aromatic heterocycles. The van der Waals surface area contributed by atoms with Crippen LogP contribution in [0.15, 0.2) is 23.1 Å². The van der Waals surface area contributed by atoms with Crippen LogP contribution in [0.4, 0.5) is 10.1 Å². The second kappa shape index (κ2) is 9.23. The number of rotatable bonds is 8. The van der Waals surface area contributed by atoms with E-state index in [1.807, 2.05) is 0 Å². The van der Waals surface area contributed by atoms with E-state index in [2.05, 4.69) is 5.32 Å². The molecule has 5 nitrogen and oxygen atoms in total. The SMILES string of the molecule is CCOC(=O)CCCNC(=O)CSc1ccc(N)cc1F. The molecule has 3 N–H and O–H groups in total. The van der Waals surface area contributed by atoms with Gasteiger partial charge in [0.15, 0.2) is 0 Å². The number of ether oxygens (including phenoxy) is 1. The van der Waals surface area contributed by atoms with E-state index >= 15 is 0 Å². The van der Waals surface area contributed by atoms with Gasteiger partial charge in [-0.3, -0.25) is 9.59 Å². The van der Waals surface area contributed by atoms with Crippen LogP contribution in [-0.4, -0.2) is 30.8 Å². The van der Waals surface area contributed by atoms with Crippen molar-refractivity contribution in [3.05, 3.63) is 24.0 Å². The van der Waals surface area contributed by atoms with Gasteiger partial charge in [0.05, 0.1) is 12.4 Å². The third-order valence-corrected chi connectivity index (χ3v) is 3.55. The quantitative estimate of drug-likeness (QED) is 0.332. The second-order valence-corrected chi connectivity index (χ2v) is 5.25. The van der Waals surface area contributed by atoms with Gasteiger partial charge in [-0.15, -0.1) is 11.8 Å². The van der Waals surface area contributed by atoms with E-state index in [4.69, 9.17) is 10.5 Å². The fourth-order valence-corrected chi connectivity index (χ4v) is 2.27. The average Bonchev–Trinajstić information content (AvgIpc) is 2.43. The Morgan fingerprint density at radius 1 is 1.43 bits per heavy atom. The molecule has 1 amide bonds. The van der Waals surface area contributed by atoms with Crippen LogP contribution < -0.4 is 11.1 Å². The number of hydrogen-bond donors (Lipinski definition) is 2. The lowest BCUT2D eigenvalue weighted by Gasteiger charge is -2.06. The Labute approximate surface area is 127 Å². The predicted molar refractivity (Wildman–Crippen MR) is 80.4 cm³/mol. The normalized spacial score (nSPS) is 10.2. The summed E-state index contributed by atoms with van der Waals surface area (Å²) < 4.78 is 18.3. The highest BCUT2D eigenvalue weighted by molar-refractivity contribution is 8.00. The molecule has 0 unspecified atom stereocenters. The molecule has 0 saturated heterocycles. The number of amides is 1. The van der Waals surface area contributed by atoms with Crippen molar-refractivity contribution in [2.24, 2.45) is 0 Å². The summed E-state index contributed by atoms with van der Waals surface area (Å²) in [5, 5.41) is 2.67. The Hall–Kier alpha value is -1.76. The average molecular weight is 314 g/mol. The van der Waals surface area contributed by atoms with Crippen LogP contribution >= 0.6 is 11.8 Å². The molecule has 0 aliphatic carbocycles. The van der Waals surface area contributed by atoms with Crippen LogP contribution in [0.5, 0.6) is 0 Å². The summed E-state index contributed by atoms with van der Waals surface area (Å²) in [7, 11) is 0. The first-order chi connectivity index (χ1) is 10.0. The topological polar surface area (TPSA) is 81.4 Å². The smallest absolute Gasteiger partial charge is 0.305 e. The molecule has 7 heteroatoms. The van der Waals surface area contributed by atoms with Gasteiger partial charge in [0, 0.05) is 23.5 Å². The molecule has 1 aromatic carbocycles. The van der Waals surface area contributed by atoms with Gasteiger partial charge in [-0.05, 0) is 31.5 Å². The number of nitrogens with one attached hydrogen (secondary N) is 1. The van der Waals surface area contributed by atoms with E-state index in [9.17, 15) is 14.0 Å². The molecule has 1 aromatic rings. The monoisotopic (exact) mass is 314 g/mol. The largest absolute Gasteiger partial charge is 0.466 e. The molecule has 0 fully saturated rings. The van der Waals surface area contributed by atoms with Crippen molar-refractivity contribution < 1.29 is 18.7 Å². The molecular formula is C14H19FN2O3S. The van der Waals surface area contributed by atoms with Crippen molar-refractivity contribution in [2.45, 2.75) is 24.7 Å². The van der Waals surface area contributed by atoms with Crippen LogP contribution in [-0.2, 0) is 14.3 Å². The third kappa shape index (κ3) is 6.99. The number of benzene rings is 1. The predicted octanol–water partition coefficient (Wildman–Crippen LogP) is 1.96. The van der Waals surface area contributed by atoms with Crippen molar-refractivity contribution in [2.75, 3.05) is 24.6 Å². The highest BCUT2D eigenvalue weighted by atomic mass is 32.2. The van der Waals surface area contributed by atoms with Gasteiger partial charge in [0.25, 0.3) is 0 Å². The van der Waals surface area contributed by atoms with E-state index in [-0.39, 0.29) is 24.1 Å². The third-order valence-electron chi connectivity index (χ3n) is 2.50. The molecule has 116 valence electrons. The zero-order valence-corrected chi connectivity index (χ0v) is 12.7. The van der Waals surface area contributed by atoms with Gasteiger partial charge in [0.2, 0.25) is 5.91 Å². The van der Waals surface area contributed by atoms with Gasteiger partial charge in [-0.25, -0.2) is 4.39 Å². The molecule has 0 spiro atoms. The van der Waals surface area contributed by atoms with Crippen LogP contribution in [0.1, 0.15) is 19.8 Å². The van der Waals surface area contributed by atoms with Crippen molar-refractivity contribution in [3.8, 4) is 0 Å². The van der Waals surface area contributed by atoms with Crippen molar-refractivity contribution in [1.82, 2.24) is 5.32 Å². The highest BCUT2D eigenvalue weighted by Crippen LogP contribution is 2.23. The molecule has 0 bridgehead atoms. The van der Waals surface area contributed by atoms with Gasteiger partial charge in [-0.1, -0.05) is 0 Å². The van der Waals surface area contributed by atoms with Gasteiger partial charge in [0.1, 0.15) is 5.82 Å². The number of carbonyl (C=O) groups excluding carboxylic acids is 2. The summed E-state index contributed by atoms with van der Waals surface area (Å²) in [6.45, 7) is 2.49. The first-order valence-corrected chi connectivity index (χ1v) is 7.61. The number of nitrogen functional groups attached to an aromatic ring is 1. The molecular weight excluding hydrogens is 295 g/mol. The van der Waals surface area contributed by atoms with E-state index in [1.54, 1.807) is 19.1 Å². The maximum Gasteiger partial charge on any atom is 0.305 e. The van der Waals surface area contributed by atoms with E-state index in [1.165, 1.54) is 6.07 Å². The van der Waals surface area contributed by atoms with Crippen LogP contribution in [0.2, 0.25) is 0 Å². The van der Waals surface area contributed by atoms with E-state index in [0.717, 1.165) is 11.8 Å². The maximum atomic E-state index is 13.5. The summed E-state index contributed by atoms with van der Waals surface area (Å²) >= 11 is 1.10. The van der Waals surface area contributed by atoms with Crippen molar-refractivity contribution >= 4 is 29.3 Å². The molecule has 0 saturated carbocycles. The van der Waals surface area contributed by atoms with Crippen LogP contribution in [0, 0.1) is 5.82 Å². The molecule has 0 heterocycles. The van der Waals surface area contributed by atoms with E-state index in [0.29, 0.717) is 30.2 Å². The van der Waals surface area contributed by atoms with Crippen LogP contribution in [0.25, 0.3) is 0 Å². The fourth-order valence-electron chi connectivity index (χ4n) is 1.52. The van der Waals surface area contributed by atoms with Gasteiger partial charge >= 0.3 is 5.97 Å². The number of anilines is 1. The lowest BCUT2D eigenvalue weighted by atomic mass is 10.3. The lowest BCUT2D eigenvalue weighted by molar-refractivity contribution is -0.143. The standard InChI is InChI=1S/C14H19FN2O3S/c1-2-20-14(19)4-3-7-17-13(18)9-21-12-6-5-10(16)8-11(12)15/h5-6,8H,2-4,7,9,16H2,1H3,(H,17,18). The maximum absolute atomic E-state index is 13.5. The minimum absolute atomic E-state index is 0.111. The Morgan fingerprint density at radius 3 is 2.86 bits per heavy atom. The Morgan fingerprint density at radius 2 is 2.19 bits per heavy atom. The number of nitrogens with two attached hydrogens (primary N) is 1. The first kappa shape index (κ1) is 17.3. The summed E-state index contributed by atoms with van der Waals surface area (Å²) in [6, 6.07) is 4.35. The molecule has 0 atom stereocenters. The number of esters is 1. The molecule has 0 aliphatic rings. The lowest BCUT2D eigenvalue weighted by Crippen LogP contribution is -2.26. The zero-order valence-electron chi connectivity index (χ0n) is 11.9. The fraction of sp³-hybridized carbons (Fsp3) is 0.429. The highest BCUT2D eigenvalue weighted by Gasteiger charge is 2.07. The summed E-state index contributed by atoms with van der Waals surface area (Å²) in [5.41, 5.74) is 5.79. The first-order valence-electron chi connectivity index (χ1n) is 6.63. The number of halogens is 1. The minimum Gasteiger partial charge on any atom is -0.466 e. The van der Waals surface area contributed by atoms with Gasteiger partial charge in [-0.2, -0.15) is 0 Å². The van der Waals surface area contributed by atoms with Crippen molar-refractivity contribution in [1.29, 1.82) is 0 Å². The summed E-state index contributed by atoms with van der Waals surface area (Å²) in [6.07, 6.45) is 0.791. The van der Waals surface area contributed by atoms with E-state index < -0.39 is 5.82 Å². The number of carbonyl (C=O) groups is 2. The Kier molecular flexibility index (Phi) is 7.60. The Bertz CT molecular complexity index is 497. The van der Waals surface area contributed by atoms with Crippen LogP contribution in [0.3, 0.4) is 0 Å². The number of hydrogen-bond acceptors (Lipinski definition) is 5. The minimum atomic E-state index is -0.435. The second-order valence-electron chi connectivity index (χ2n) is 4.24. The molecule has 0 radical (unpaired) electrons. The molecule has 0 aliphatic heterocycles. The molecule has 21 heavy (non-hydrogen) atoms. The summed E-state index contributed by atoms with van der Waals surface area (Å²) in [4.78, 5) is 23.0. The molecule has 1 rings (SSSR count). The Balaban J connectivity index is 2.21. The van der Waals surface area contributed by atoms with Gasteiger partial charge < -0.3 is 15.8 Å². The number of thioether (sulfide) groups is 1. The van der Waals surface area contributed by atoms with Crippen molar-refractivity contribution in [3.63, 3.8) is 0 Å².